The average molecular weight is 549 g/mol. The normalized spacial score (nSPS) is 12.4. The number of amides is 2. The first-order valence-electron chi connectivity index (χ1n) is 10.5. The molecule has 0 radical (unpaired) electrons. The van der Waals surface area contributed by atoms with E-state index in [1.807, 2.05) is 13.8 Å². The zero-order chi connectivity index (χ0) is 25.6. The summed E-state index contributed by atoms with van der Waals surface area (Å²) < 4.78 is 26.0. The zero-order valence-electron chi connectivity index (χ0n) is 19.4. The van der Waals surface area contributed by atoms with Gasteiger partial charge in [-0.15, -0.1) is 0 Å². The quantitative estimate of drug-likeness (QED) is 0.470. The van der Waals surface area contributed by atoms with Gasteiger partial charge in [-0.3, -0.25) is 13.9 Å². The van der Waals surface area contributed by atoms with Crippen LogP contribution in [-0.4, -0.2) is 50.5 Å². The van der Waals surface area contributed by atoms with Crippen molar-refractivity contribution in [3.05, 3.63) is 63.1 Å². The molecule has 2 rings (SSSR count). The van der Waals surface area contributed by atoms with E-state index in [1.165, 1.54) is 23.1 Å². The molecular weight excluding hydrogens is 521 g/mol. The van der Waals surface area contributed by atoms with E-state index in [1.54, 1.807) is 31.2 Å². The molecular formula is C23H28Cl3N3O4S. The van der Waals surface area contributed by atoms with E-state index in [9.17, 15) is 18.0 Å². The van der Waals surface area contributed by atoms with Crippen molar-refractivity contribution in [2.45, 2.75) is 33.4 Å². The second-order valence-corrected chi connectivity index (χ2v) is 11.5. The van der Waals surface area contributed by atoms with Crippen LogP contribution in [0, 0.1) is 5.92 Å². The molecule has 186 valence electrons. The van der Waals surface area contributed by atoms with Gasteiger partial charge >= 0.3 is 0 Å². The van der Waals surface area contributed by atoms with E-state index in [2.05, 4.69) is 5.32 Å². The number of halogens is 3. The average Bonchev–Trinajstić information content (AvgIpc) is 2.74. The molecule has 0 unspecified atom stereocenters. The molecule has 0 bridgehead atoms. The van der Waals surface area contributed by atoms with Gasteiger partial charge in [0.05, 0.1) is 22.0 Å². The second kappa shape index (κ2) is 12.1. The molecule has 7 nitrogen and oxygen atoms in total. The third-order valence-electron chi connectivity index (χ3n) is 4.96. The molecule has 0 saturated carbocycles. The Hall–Kier alpha value is -2.00. The highest BCUT2D eigenvalue weighted by atomic mass is 35.5. The summed E-state index contributed by atoms with van der Waals surface area (Å²) in [6, 6.07) is 10.3. The predicted molar refractivity (Wildman–Crippen MR) is 138 cm³/mol. The Balaban J connectivity index is 2.39. The maximum Gasteiger partial charge on any atom is 0.244 e. The van der Waals surface area contributed by atoms with Crippen molar-refractivity contribution >= 4 is 62.3 Å². The molecule has 0 heterocycles. The molecule has 0 fully saturated rings. The lowest BCUT2D eigenvalue weighted by Crippen LogP contribution is -2.51. The van der Waals surface area contributed by atoms with E-state index >= 15 is 0 Å². The molecule has 0 aliphatic rings. The Morgan fingerprint density at radius 2 is 1.68 bits per heavy atom. The first kappa shape index (κ1) is 28.2. The highest BCUT2D eigenvalue weighted by Gasteiger charge is 2.30. The molecule has 2 aromatic carbocycles. The number of rotatable bonds is 10. The van der Waals surface area contributed by atoms with Gasteiger partial charge in [0.15, 0.2) is 0 Å². The van der Waals surface area contributed by atoms with Crippen molar-refractivity contribution in [3.8, 4) is 0 Å². The van der Waals surface area contributed by atoms with Gasteiger partial charge in [-0.1, -0.05) is 60.8 Å². The smallest absolute Gasteiger partial charge is 0.244 e. The fraction of sp³-hybridized carbons (Fsp3) is 0.391. The standard InChI is InChI=1S/C23H28Cl3N3O4S/c1-15(2)12-27-23(31)16(3)28(13-17-6-5-7-18(24)10-17)22(30)14-29(34(4,32)33)19-8-9-20(25)21(26)11-19/h5-11,15-16H,12-14H2,1-4H3,(H,27,31)/t16-/m1/s1. The Kier molecular flexibility index (Phi) is 10.1. The van der Waals surface area contributed by atoms with Crippen molar-refractivity contribution in [2.24, 2.45) is 5.92 Å². The molecule has 2 aromatic rings. The molecule has 11 heteroatoms. The number of hydrogen-bond acceptors (Lipinski definition) is 4. The van der Waals surface area contributed by atoms with E-state index in [0.717, 1.165) is 10.6 Å². The van der Waals surface area contributed by atoms with E-state index in [4.69, 9.17) is 34.8 Å². The minimum absolute atomic E-state index is 0.0641. The SMILES string of the molecule is CC(C)CNC(=O)[C@@H](C)N(Cc1cccc(Cl)c1)C(=O)CN(c1ccc(Cl)c(Cl)c1)S(C)(=O)=O. The summed E-state index contributed by atoms with van der Waals surface area (Å²) in [7, 11) is -3.86. The van der Waals surface area contributed by atoms with Crippen molar-refractivity contribution < 1.29 is 18.0 Å². The fourth-order valence-electron chi connectivity index (χ4n) is 3.12. The van der Waals surface area contributed by atoms with Crippen LogP contribution in [0.4, 0.5) is 5.69 Å². The first-order chi connectivity index (χ1) is 15.8. The van der Waals surface area contributed by atoms with Gasteiger partial charge in [0, 0.05) is 18.1 Å². The van der Waals surface area contributed by atoms with Crippen LogP contribution in [0.25, 0.3) is 0 Å². The van der Waals surface area contributed by atoms with Crippen molar-refractivity contribution in [1.29, 1.82) is 0 Å². The minimum atomic E-state index is -3.86. The summed E-state index contributed by atoms with van der Waals surface area (Å²) in [5, 5.41) is 3.71. The van der Waals surface area contributed by atoms with Crippen LogP contribution in [-0.2, 0) is 26.2 Å². The zero-order valence-corrected chi connectivity index (χ0v) is 22.5. The third kappa shape index (κ3) is 8.05. The molecule has 0 spiro atoms. The number of benzene rings is 2. The molecule has 0 aliphatic carbocycles. The van der Waals surface area contributed by atoms with Gasteiger partial charge in [-0.2, -0.15) is 0 Å². The van der Waals surface area contributed by atoms with Crippen LogP contribution in [0.2, 0.25) is 15.1 Å². The molecule has 0 aromatic heterocycles. The van der Waals surface area contributed by atoms with Gasteiger partial charge in [0.25, 0.3) is 0 Å². The van der Waals surface area contributed by atoms with Crippen LogP contribution in [0.15, 0.2) is 42.5 Å². The van der Waals surface area contributed by atoms with Crippen LogP contribution in [0.3, 0.4) is 0 Å². The molecule has 2 amide bonds. The van der Waals surface area contributed by atoms with Gasteiger partial charge in [-0.05, 0) is 48.7 Å². The third-order valence-corrected chi connectivity index (χ3v) is 7.08. The van der Waals surface area contributed by atoms with Crippen molar-refractivity contribution in [2.75, 3.05) is 23.7 Å². The number of carbonyl (C=O) groups excluding carboxylic acids is 2. The van der Waals surface area contributed by atoms with Crippen LogP contribution < -0.4 is 9.62 Å². The topological polar surface area (TPSA) is 86.8 Å². The maximum atomic E-state index is 13.4. The van der Waals surface area contributed by atoms with Gasteiger partial charge in [0.2, 0.25) is 21.8 Å². The first-order valence-corrected chi connectivity index (χ1v) is 13.5. The molecule has 1 atom stereocenters. The summed E-state index contributed by atoms with van der Waals surface area (Å²) in [6.45, 7) is 5.50. The Morgan fingerprint density at radius 1 is 1.00 bits per heavy atom. The Bertz CT molecular complexity index is 1140. The number of nitrogens with zero attached hydrogens (tertiary/aromatic N) is 2. The van der Waals surface area contributed by atoms with E-state index in [0.29, 0.717) is 17.1 Å². The van der Waals surface area contributed by atoms with E-state index in [-0.39, 0.29) is 34.1 Å². The number of anilines is 1. The lowest BCUT2D eigenvalue weighted by Gasteiger charge is -2.31. The Morgan fingerprint density at radius 3 is 2.24 bits per heavy atom. The summed E-state index contributed by atoms with van der Waals surface area (Å²) in [5.74, 6) is -0.684. The maximum absolute atomic E-state index is 13.4. The number of carbonyl (C=O) groups is 2. The van der Waals surface area contributed by atoms with Crippen LogP contribution in [0.1, 0.15) is 26.3 Å². The second-order valence-electron chi connectivity index (χ2n) is 8.33. The number of sulfonamides is 1. The van der Waals surface area contributed by atoms with E-state index < -0.39 is 28.5 Å². The van der Waals surface area contributed by atoms with Crippen molar-refractivity contribution in [1.82, 2.24) is 10.2 Å². The Labute approximate surface area is 216 Å². The fourth-order valence-corrected chi connectivity index (χ4v) is 4.47. The van der Waals surface area contributed by atoms with Gasteiger partial charge in [-0.25, -0.2) is 8.42 Å². The number of hydrogen-bond donors (Lipinski definition) is 1. The molecule has 0 aliphatic heterocycles. The molecule has 0 saturated heterocycles. The highest BCUT2D eigenvalue weighted by molar-refractivity contribution is 7.92. The monoisotopic (exact) mass is 547 g/mol. The number of nitrogens with one attached hydrogen (secondary N) is 1. The summed E-state index contributed by atoms with van der Waals surface area (Å²) in [6.07, 6.45) is 0.989. The minimum Gasteiger partial charge on any atom is -0.354 e. The highest BCUT2D eigenvalue weighted by Crippen LogP contribution is 2.28. The van der Waals surface area contributed by atoms with Crippen LogP contribution >= 0.6 is 34.8 Å². The van der Waals surface area contributed by atoms with Crippen LogP contribution in [0.5, 0.6) is 0 Å². The van der Waals surface area contributed by atoms with Gasteiger partial charge in [0.1, 0.15) is 12.6 Å². The summed E-state index contributed by atoms with van der Waals surface area (Å²) >= 11 is 18.1. The summed E-state index contributed by atoms with van der Waals surface area (Å²) in [5.41, 5.74) is 0.884. The summed E-state index contributed by atoms with van der Waals surface area (Å²) in [4.78, 5) is 27.6. The lowest BCUT2D eigenvalue weighted by molar-refractivity contribution is -0.139. The van der Waals surface area contributed by atoms with Gasteiger partial charge < -0.3 is 10.2 Å². The predicted octanol–water partition coefficient (Wildman–Crippen LogP) is 4.60. The van der Waals surface area contributed by atoms with Crippen molar-refractivity contribution in [3.63, 3.8) is 0 Å². The molecule has 34 heavy (non-hydrogen) atoms. The largest absolute Gasteiger partial charge is 0.354 e. The lowest BCUT2D eigenvalue weighted by atomic mass is 10.1. The molecule has 1 N–H and O–H groups in total.